The van der Waals surface area contributed by atoms with Crippen LogP contribution >= 0.6 is 0 Å². The van der Waals surface area contributed by atoms with Gasteiger partial charge in [-0.15, -0.1) is 0 Å². The van der Waals surface area contributed by atoms with Crippen LogP contribution in [0.5, 0.6) is 0 Å². The number of nitrogens with one attached hydrogen (secondary N) is 1. The van der Waals surface area contributed by atoms with Gasteiger partial charge in [-0.1, -0.05) is 30.3 Å². The average molecular weight is 163 g/mol. The van der Waals surface area contributed by atoms with Gasteiger partial charge in [0.05, 0.1) is 0 Å². The fourth-order valence-corrected chi connectivity index (χ4v) is 0.982. The third-order valence-corrected chi connectivity index (χ3v) is 1.66. The zero-order chi connectivity index (χ0) is 8.65. The van der Waals surface area contributed by atoms with Crippen molar-refractivity contribution < 1.29 is 0 Å². The molecule has 0 aliphatic rings. The zero-order valence-electron chi connectivity index (χ0n) is 7.46. The Kier molecular flexibility index (Phi) is 4.42. The lowest BCUT2D eigenvalue weighted by molar-refractivity contribution is 0.639. The summed E-state index contributed by atoms with van der Waals surface area (Å²) < 4.78 is 0. The van der Waals surface area contributed by atoms with Gasteiger partial charge in [-0.05, 0) is 12.6 Å². The molecule has 1 aromatic rings. The van der Waals surface area contributed by atoms with Crippen LogP contribution in [0.2, 0.25) is 0 Å². The number of hydrogen-bond acceptors (Lipinski definition) is 1. The molecule has 0 aliphatic carbocycles. The van der Waals surface area contributed by atoms with Gasteiger partial charge in [0.15, 0.2) is 0 Å². The Bertz CT molecular complexity index is 196. The molecule has 2 heteroatoms. The van der Waals surface area contributed by atoms with E-state index in [1.807, 2.05) is 25.2 Å². The van der Waals surface area contributed by atoms with Gasteiger partial charge >= 0.3 is 0 Å². The normalized spacial score (nSPS) is 10.1. The van der Waals surface area contributed by atoms with Gasteiger partial charge in [0.2, 0.25) is 0 Å². The smallest absolute Gasteiger partial charge is 0.0384 e. The summed E-state index contributed by atoms with van der Waals surface area (Å²) in [6, 6.07) is 10.3. The SMILES string of the molecule is CNCC[N]Cc1ccccc1. The fraction of sp³-hybridized carbons (Fsp3) is 0.400. The standard InChI is InChI=1S/C10H15N2/c1-11-7-8-12-9-10-5-3-2-4-6-10/h2-6,11H,7-9H2,1H3. The van der Waals surface area contributed by atoms with Gasteiger partial charge in [0.25, 0.3) is 0 Å². The molecule has 1 radical (unpaired) electrons. The maximum Gasteiger partial charge on any atom is 0.0384 e. The Hall–Kier alpha value is -0.860. The lowest BCUT2D eigenvalue weighted by Crippen LogP contribution is -2.19. The van der Waals surface area contributed by atoms with Crippen molar-refractivity contribution in [1.29, 1.82) is 0 Å². The van der Waals surface area contributed by atoms with Crippen LogP contribution < -0.4 is 10.6 Å². The lowest BCUT2D eigenvalue weighted by atomic mass is 10.2. The molecule has 0 amide bonds. The van der Waals surface area contributed by atoms with E-state index in [0.717, 1.165) is 19.6 Å². The maximum absolute atomic E-state index is 4.37. The van der Waals surface area contributed by atoms with Gasteiger partial charge in [0.1, 0.15) is 0 Å². The molecule has 0 spiro atoms. The largest absolute Gasteiger partial charge is 0.318 e. The topological polar surface area (TPSA) is 26.1 Å². The summed E-state index contributed by atoms with van der Waals surface area (Å²) >= 11 is 0. The Balaban J connectivity index is 2.16. The summed E-state index contributed by atoms with van der Waals surface area (Å²) in [7, 11) is 1.94. The first-order valence-corrected chi connectivity index (χ1v) is 4.25. The molecule has 0 bridgehead atoms. The quantitative estimate of drug-likeness (QED) is 0.644. The fourth-order valence-electron chi connectivity index (χ4n) is 0.982. The van der Waals surface area contributed by atoms with E-state index in [0.29, 0.717) is 0 Å². The van der Waals surface area contributed by atoms with Crippen molar-refractivity contribution in [2.24, 2.45) is 0 Å². The van der Waals surface area contributed by atoms with Gasteiger partial charge < -0.3 is 5.32 Å². The van der Waals surface area contributed by atoms with E-state index in [-0.39, 0.29) is 0 Å². The van der Waals surface area contributed by atoms with E-state index < -0.39 is 0 Å². The molecule has 0 aromatic heterocycles. The van der Waals surface area contributed by atoms with Crippen LogP contribution in [0.1, 0.15) is 5.56 Å². The molecule has 1 N–H and O–H groups in total. The van der Waals surface area contributed by atoms with E-state index in [4.69, 9.17) is 0 Å². The van der Waals surface area contributed by atoms with Crippen LogP contribution in [0, 0.1) is 0 Å². The third kappa shape index (κ3) is 3.51. The second-order valence-corrected chi connectivity index (χ2v) is 2.69. The molecule has 0 heterocycles. The van der Waals surface area contributed by atoms with Crippen LogP contribution in [0.4, 0.5) is 0 Å². The molecule has 0 saturated heterocycles. The lowest BCUT2D eigenvalue weighted by Gasteiger charge is -2.01. The number of likely N-dealkylation sites (N-methyl/N-ethyl adjacent to an activating group) is 1. The first-order chi connectivity index (χ1) is 5.93. The average Bonchev–Trinajstić information content (AvgIpc) is 2.14. The Morgan fingerprint density at radius 2 is 2.00 bits per heavy atom. The van der Waals surface area contributed by atoms with E-state index in [1.165, 1.54) is 5.56 Å². The highest BCUT2D eigenvalue weighted by molar-refractivity contribution is 5.14. The Morgan fingerprint density at radius 3 is 2.67 bits per heavy atom. The molecule has 1 aromatic carbocycles. The van der Waals surface area contributed by atoms with Crippen molar-refractivity contribution in [3.63, 3.8) is 0 Å². The summed E-state index contributed by atoms with van der Waals surface area (Å²) in [5.74, 6) is 0. The number of nitrogens with zero attached hydrogens (tertiary/aromatic N) is 1. The molecule has 0 unspecified atom stereocenters. The van der Waals surface area contributed by atoms with Crippen molar-refractivity contribution in [3.05, 3.63) is 35.9 Å². The monoisotopic (exact) mass is 163 g/mol. The van der Waals surface area contributed by atoms with Crippen molar-refractivity contribution in [2.75, 3.05) is 20.1 Å². The highest BCUT2D eigenvalue weighted by Gasteiger charge is 1.90. The van der Waals surface area contributed by atoms with E-state index in [1.54, 1.807) is 0 Å². The summed E-state index contributed by atoms with van der Waals surface area (Å²) in [6.07, 6.45) is 0. The highest BCUT2D eigenvalue weighted by Crippen LogP contribution is 1.96. The molecule has 0 fully saturated rings. The number of hydrogen-bond donors (Lipinski definition) is 1. The molecule has 0 aliphatic heterocycles. The summed E-state index contributed by atoms with van der Waals surface area (Å²) in [5, 5.41) is 7.43. The Labute approximate surface area is 74.0 Å². The molecule has 0 saturated carbocycles. The van der Waals surface area contributed by atoms with E-state index in [9.17, 15) is 0 Å². The molecule has 0 atom stereocenters. The minimum absolute atomic E-state index is 0.836. The van der Waals surface area contributed by atoms with Crippen molar-refractivity contribution in [3.8, 4) is 0 Å². The summed E-state index contributed by atoms with van der Waals surface area (Å²) in [4.78, 5) is 0. The number of rotatable bonds is 5. The minimum Gasteiger partial charge on any atom is -0.318 e. The first kappa shape index (κ1) is 9.23. The van der Waals surface area contributed by atoms with Gasteiger partial charge in [-0.2, -0.15) is 0 Å². The number of benzene rings is 1. The summed E-state index contributed by atoms with van der Waals surface area (Å²) in [5.41, 5.74) is 1.29. The summed E-state index contributed by atoms with van der Waals surface area (Å²) in [6.45, 7) is 2.70. The molecular formula is C10H15N2. The molecule has 65 valence electrons. The molecule has 1 rings (SSSR count). The van der Waals surface area contributed by atoms with Crippen molar-refractivity contribution >= 4 is 0 Å². The highest BCUT2D eigenvalue weighted by atomic mass is 14.9. The van der Waals surface area contributed by atoms with Gasteiger partial charge in [0, 0.05) is 19.6 Å². The zero-order valence-corrected chi connectivity index (χ0v) is 7.46. The Morgan fingerprint density at radius 1 is 1.25 bits per heavy atom. The third-order valence-electron chi connectivity index (χ3n) is 1.66. The van der Waals surface area contributed by atoms with E-state index >= 15 is 0 Å². The van der Waals surface area contributed by atoms with Crippen LogP contribution in [0.3, 0.4) is 0 Å². The maximum atomic E-state index is 4.37. The van der Waals surface area contributed by atoms with Gasteiger partial charge in [-0.25, -0.2) is 5.32 Å². The first-order valence-electron chi connectivity index (χ1n) is 4.25. The van der Waals surface area contributed by atoms with Crippen LogP contribution in [-0.4, -0.2) is 20.1 Å². The predicted molar refractivity (Wildman–Crippen MR) is 51.1 cm³/mol. The second kappa shape index (κ2) is 5.75. The molecular weight excluding hydrogens is 148 g/mol. The van der Waals surface area contributed by atoms with Crippen molar-refractivity contribution in [2.45, 2.75) is 6.54 Å². The van der Waals surface area contributed by atoms with E-state index in [2.05, 4.69) is 22.8 Å². The molecule has 12 heavy (non-hydrogen) atoms. The van der Waals surface area contributed by atoms with Crippen molar-refractivity contribution in [1.82, 2.24) is 10.6 Å². The van der Waals surface area contributed by atoms with Crippen LogP contribution in [0.25, 0.3) is 0 Å². The molecule has 2 nitrogen and oxygen atoms in total. The second-order valence-electron chi connectivity index (χ2n) is 2.69. The van der Waals surface area contributed by atoms with Crippen LogP contribution in [0.15, 0.2) is 30.3 Å². The minimum atomic E-state index is 0.836. The van der Waals surface area contributed by atoms with Crippen LogP contribution in [-0.2, 0) is 6.54 Å². The van der Waals surface area contributed by atoms with Gasteiger partial charge in [-0.3, -0.25) is 0 Å². The predicted octanol–water partition coefficient (Wildman–Crippen LogP) is 1.01.